The Morgan fingerprint density at radius 3 is 1.08 bits per heavy atom. The summed E-state index contributed by atoms with van der Waals surface area (Å²) < 4.78 is 52.9. The molecule has 34 atom stereocenters. The van der Waals surface area contributed by atoms with E-state index in [-0.39, 0.29) is 98.2 Å². The fourth-order valence-electron chi connectivity index (χ4n) is 27.5. The number of fused-ring (bicyclic) bond motifs is 33. The van der Waals surface area contributed by atoms with Crippen molar-refractivity contribution in [3.8, 4) is 0 Å². The van der Waals surface area contributed by atoms with Crippen molar-refractivity contribution in [3.63, 3.8) is 0 Å². The normalized spacial score (nSPS) is 47.9. The van der Waals surface area contributed by atoms with Crippen LogP contribution in [0.2, 0.25) is 0 Å². The van der Waals surface area contributed by atoms with Gasteiger partial charge in [-0.15, -0.1) is 0 Å². The highest BCUT2D eigenvalue weighted by atomic mass is 16.7. The van der Waals surface area contributed by atoms with Gasteiger partial charge in [-0.25, -0.2) is 0 Å². The lowest BCUT2D eigenvalue weighted by Crippen LogP contribution is -2.43. The Labute approximate surface area is 573 Å². The fourth-order valence-corrected chi connectivity index (χ4v) is 27.5. The molecule has 15 nitrogen and oxygen atoms in total. The molecule has 0 aromatic rings. The zero-order valence-electron chi connectivity index (χ0n) is 59.7. The Morgan fingerprint density at radius 2 is 0.729 bits per heavy atom. The third-order valence-electron chi connectivity index (χ3n) is 32.7. The van der Waals surface area contributed by atoms with Crippen LogP contribution in [0.25, 0.3) is 0 Å². The summed E-state index contributed by atoms with van der Waals surface area (Å²) in [6.07, 6.45) is 32.0. The molecule has 18 rings (SSSR count). The van der Waals surface area contributed by atoms with Crippen LogP contribution >= 0.6 is 0 Å². The maximum Gasteiger partial charge on any atom is 0.311 e. The molecule has 18 saturated carbocycles. The average Bonchev–Trinajstić information content (AvgIpc) is 1.56. The number of rotatable bonds is 22. The number of hydrogen-bond acceptors (Lipinski definition) is 15. The summed E-state index contributed by atoms with van der Waals surface area (Å²) in [5.74, 6) is 15.8. The van der Waals surface area contributed by atoms with E-state index in [4.69, 9.17) is 42.6 Å². The molecule has 96 heavy (non-hydrogen) atoms. The van der Waals surface area contributed by atoms with E-state index >= 15 is 0 Å². The summed E-state index contributed by atoms with van der Waals surface area (Å²) >= 11 is 0. The Morgan fingerprint density at radius 1 is 0.365 bits per heavy atom. The molecular formula is C81H120O15. The van der Waals surface area contributed by atoms with E-state index in [2.05, 4.69) is 0 Å². The zero-order valence-corrected chi connectivity index (χ0v) is 59.7. The molecule has 0 aliphatic heterocycles. The molecule has 0 N–H and O–H groups in total. The summed E-state index contributed by atoms with van der Waals surface area (Å²) in [4.78, 5) is 76.8. The molecule has 0 amide bonds. The molecule has 15 heteroatoms. The third-order valence-corrected chi connectivity index (χ3v) is 32.7. The van der Waals surface area contributed by atoms with Crippen LogP contribution in [0.5, 0.6) is 0 Å². The van der Waals surface area contributed by atoms with Gasteiger partial charge in [0.15, 0.2) is 20.4 Å². The standard InChI is InChI=1S/C28H42O5.C27H40O5.C26H38O5/c1-4-28(2,3)27(30)33-23-12-18-11-22(23)25-20-9-17(24(18)25)10-21(20)26(29)32-14-31-13-19-8-15-5-6-16(19)7-15;1-4-27(2,3)26(29)32-22-12-17-11-20(22)24-18-9-16(23(17)24)10-19(18)25(28)31-13-30-21-8-14-5-6-15(21)7-14;1-3-13(2)25(27)31-22-11-17-10-20(22)24-18-8-16(23(17)24)9-19(18)26(28)30-12-29-21-7-14-4-5-15(21)6-14/h15-25H,4-14H2,1-3H3;14-24H,4-13H2,1-3H3;13-24H,3-12H2,1-2H3. The molecule has 34 unspecified atom stereocenters. The van der Waals surface area contributed by atoms with Crippen molar-refractivity contribution in [1.82, 2.24) is 0 Å². The van der Waals surface area contributed by atoms with E-state index in [0.29, 0.717) is 119 Å². The predicted molar refractivity (Wildman–Crippen MR) is 354 cm³/mol. The van der Waals surface area contributed by atoms with Gasteiger partial charge < -0.3 is 42.6 Å². The highest BCUT2D eigenvalue weighted by Crippen LogP contribution is 2.72. The highest BCUT2D eigenvalue weighted by molar-refractivity contribution is 5.77. The van der Waals surface area contributed by atoms with Crippen LogP contribution in [0.3, 0.4) is 0 Å². The van der Waals surface area contributed by atoms with E-state index in [0.717, 1.165) is 132 Å². The second-order valence-electron chi connectivity index (χ2n) is 37.6. The first-order valence-electron chi connectivity index (χ1n) is 40.2. The summed E-state index contributed by atoms with van der Waals surface area (Å²) in [6, 6.07) is 0. The lowest BCUT2D eigenvalue weighted by molar-refractivity contribution is -0.174. The van der Waals surface area contributed by atoms with E-state index in [1.807, 2.05) is 55.4 Å². The monoisotopic (exact) mass is 1330 g/mol. The van der Waals surface area contributed by atoms with Crippen LogP contribution in [0, 0.1) is 182 Å². The van der Waals surface area contributed by atoms with Crippen LogP contribution in [0.15, 0.2) is 0 Å². The van der Waals surface area contributed by atoms with Crippen molar-refractivity contribution in [2.75, 3.05) is 27.0 Å². The summed E-state index contributed by atoms with van der Waals surface area (Å²) in [6.45, 7) is 17.1. The SMILES string of the molecule is CCC(C)(C)C(=O)OC1CC2CC1C1C3CC(CC3C(=O)OCOC3CC4CCC3C4)C21.CCC(C)(C)C(=O)OC1CC2CC1C1C3CC(CC3C(=O)OCOCC3CC4CCC3C4)C21.CCC(C)C(=O)OC1CC2CC1C1C3CC(CC3C(=O)OCOC3CC4CCC3C4)C21. The van der Waals surface area contributed by atoms with Crippen molar-refractivity contribution in [1.29, 1.82) is 0 Å². The predicted octanol–water partition coefficient (Wildman–Crippen LogP) is 14.8. The fraction of sp³-hybridized carbons (Fsp3) is 0.926. The van der Waals surface area contributed by atoms with Gasteiger partial charge in [0.05, 0.1) is 53.3 Å². The van der Waals surface area contributed by atoms with Crippen molar-refractivity contribution in [2.45, 2.75) is 259 Å². The number of ether oxygens (including phenoxy) is 9. The van der Waals surface area contributed by atoms with Gasteiger partial charge in [0.2, 0.25) is 0 Å². The molecular weight excluding hydrogens is 1210 g/mol. The first kappa shape index (κ1) is 67.2. The Bertz CT molecular complexity index is 2900. The molecule has 18 fully saturated rings. The van der Waals surface area contributed by atoms with Gasteiger partial charge in [-0.2, -0.15) is 0 Å². The number of carbonyl (C=O) groups excluding carboxylic acids is 6. The van der Waals surface area contributed by atoms with Gasteiger partial charge in [-0.3, -0.25) is 28.8 Å². The molecule has 0 aromatic heterocycles. The first-order chi connectivity index (χ1) is 46.2. The van der Waals surface area contributed by atoms with Gasteiger partial charge in [0, 0.05) is 0 Å². The zero-order chi connectivity index (χ0) is 66.4. The van der Waals surface area contributed by atoms with Gasteiger partial charge in [0.25, 0.3) is 0 Å². The number of hydrogen-bond donors (Lipinski definition) is 0. The summed E-state index contributed by atoms with van der Waals surface area (Å²) in [7, 11) is 0. The average molecular weight is 1330 g/mol. The molecule has 0 heterocycles. The van der Waals surface area contributed by atoms with Gasteiger partial charge in [-0.05, 0) is 343 Å². The molecule has 0 spiro atoms. The van der Waals surface area contributed by atoms with Crippen LogP contribution in [-0.4, -0.2) is 93.3 Å². The molecule has 0 radical (unpaired) electrons. The maximum atomic E-state index is 13.0. The van der Waals surface area contributed by atoms with Gasteiger partial charge in [0.1, 0.15) is 18.3 Å². The second-order valence-corrected chi connectivity index (χ2v) is 37.6. The van der Waals surface area contributed by atoms with E-state index < -0.39 is 10.8 Å². The Balaban J connectivity index is 0.000000113. The second kappa shape index (κ2) is 26.5. The van der Waals surface area contributed by atoms with Crippen molar-refractivity contribution in [2.24, 2.45) is 182 Å². The van der Waals surface area contributed by atoms with Crippen LogP contribution in [0.4, 0.5) is 0 Å². The first-order valence-corrected chi connectivity index (χ1v) is 40.2. The molecule has 0 saturated heterocycles. The van der Waals surface area contributed by atoms with Crippen LogP contribution in [0.1, 0.15) is 229 Å². The largest absolute Gasteiger partial charge is 0.462 e. The topological polar surface area (TPSA) is 185 Å². The van der Waals surface area contributed by atoms with Crippen molar-refractivity contribution in [3.05, 3.63) is 0 Å². The quantitative estimate of drug-likeness (QED) is 0.0327. The number of esters is 6. The molecule has 18 aliphatic rings. The van der Waals surface area contributed by atoms with E-state index in [9.17, 15) is 28.8 Å². The minimum absolute atomic E-state index is 0.0186. The van der Waals surface area contributed by atoms with E-state index in [1.54, 1.807) is 0 Å². The molecule has 0 aromatic carbocycles. The van der Waals surface area contributed by atoms with Gasteiger partial charge in [-0.1, -0.05) is 34.1 Å². The summed E-state index contributed by atoms with van der Waals surface area (Å²) in [5.41, 5.74) is -0.832. The minimum Gasteiger partial charge on any atom is -0.462 e. The van der Waals surface area contributed by atoms with Crippen LogP contribution < -0.4 is 0 Å². The Kier molecular flexibility index (Phi) is 18.6. The Hall–Kier alpha value is -3.30. The van der Waals surface area contributed by atoms with Gasteiger partial charge >= 0.3 is 35.8 Å². The van der Waals surface area contributed by atoms with Crippen LogP contribution in [-0.2, 0) is 71.4 Å². The van der Waals surface area contributed by atoms with Crippen molar-refractivity contribution >= 4 is 35.8 Å². The lowest BCUT2D eigenvalue weighted by atomic mass is 9.66. The molecule has 18 bridgehead atoms. The molecule has 18 aliphatic carbocycles. The smallest absolute Gasteiger partial charge is 0.311 e. The maximum absolute atomic E-state index is 13.0. The lowest BCUT2D eigenvalue weighted by Gasteiger charge is -2.41. The third kappa shape index (κ3) is 12.0. The summed E-state index contributed by atoms with van der Waals surface area (Å²) in [5, 5.41) is 0. The highest BCUT2D eigenvalue weighted by Gasteiger charge is 2.70. The minimum atomic E-state index is -0.416. The number of carbonyl (C=O) groups is 6. The van der Waals surface area contributed by atoms with E-state index in [1.165, 1.54) is 89.9 Å². The molecule has 534 valence electrons. The van der Waals surface area contributed by atoms with Crippen molar-refractivity contribution < 1.29 is 71.4 Å².